The van der Waals surface area contributed by atoms with Gasteiger partial charge in [0.1, 0.15) is 17.1 Å². The predicted octanol–water partition coefficient (Wildman–Crippen LogP) is 4.72. The summed E-state index contributed by atoms with van der Waals surface area (Å²) >= 11 is 0. The minimum atomic E-state index is -0.145. The van der Waals surface area contributed by atoms with Crippen LogP contribution in [0.4, 0.5) is 5.69 Å². The number of piperidine rings is 1. The molecular formula is C27H33N7O2. The van der Waals surface area contributed by atoms with Crippen LogP contribution < -0.4 is 15.2 Å². The van der Waals surface area contributed by atoms with Gasteiger partial charge in [-0.05, 0) is 50.8 Å². The average molecular weight is 488 g/mol. The number of fused-ring (bicyclic) bond motifs is 1. The van der Waals surface area contributed by atoms with E-state index in [2.05, 4.69) is 32.2 Å². The number of aromatic nitrogens is 6. The van der Waals surface area contributed by atoms with Crippen molar-refractivity contribution < 1.29 is 4.74 Å². The summed E-state index contributed by atoms with van der Waals surface area (Å²) in [6.07, 6.45) is 9.70. The first kappa shape index (κ1) is 22.8. The molecule has 0 bridgehead atoms. The minimum Gasteiger partial charge on any atom is -0.496 e. The molecule has 1 saturated heterocycles. The highest BCUT2D eigenvalue weighted by atomic mass is 16.5. The zero-order valence-corrected chi connectivity index (χ0v) is 21.0. The van der Waals surface area contributed by atoms with E-state index in [-0.39, 0.29) is 11.6 Å². The number of anilines is 1. The van der Waals surface area contributed by atoms with E-state index in [4.69, 9.17) is 14.8 Å². The Balaban J connectivity index is 1.29. The third kappa shape index (κ3) is 4.06. The number of rotatable bonds is 5. The summed E-state index contributed by atoms with van der Waals surface area (Å²) in [4.78, 5) is 23.6. The highest BCUT2D eigenvalue weighted by molar-refractivity contribution is 5.80. The standard InChI is InChI=1S/C27H33N7O2/c1-17-24-25(34(32-17)19-6-4-3-5-7-19)27(35)30-26(29-24)21-9-8-20(16-23(21)36-2)33-14-11-18(12-15-33)22-10-13-28-31-22/h8-10,13,16,18-19H,3-7,11-12,14-15H2,1-2H3,(H,28,31)(H,29,30,35). The van der Waals surface area contributed by atoms with Crippen molar-refractivity contribution in [1.82, 2.24) is 29.9 Å². The van der Waals surface area contributed by atoms with Crippen LogP contribution in [-0.2, 0) is 0 Å². The first-order valence-electron chi connectivity index (χ1n) is 13.0. The molecule has 9 nitrogen and oxygen atoms in total. The Kier molecular flexibility index (Phi) is 5.99. The van der Waals surface area contributed by atoms with Gasteiger partial charge in [0.2, 0.25) is 0 Å². The Labute approximate surface area is 209 Å². The van der Waals surface area contributed by atoms with Crippen LogP contribution in [0.15, 0.2) is 35.3 Å². The van der Waals surface area contributed by atoms with Gasteiger partial charge in [-0.2, -0.15) is 10.2 Å². The highest BCUT2D eigenvalue weighted by Crippen LogP contribution is 2.36. The van der Waals surface area contributed by atoms with Gasteiger partial charge < -0.3 is 14.6 Å². The predicted molar refractivity (Wildman–Crippen MR) is 140 cm³/mol. The van der Waals surface area contributed by atoms with Crippen molar-refractivity contribution in [2.75, 3.05) is 25.1 Å². The van der Waals surface area contributed by atoms with E-state index < -0.39 is 0 Å². The second-order valence-corrected chi connectivity index (χ2v) is 10.1. The van der Waals surface area contributed by atoms with Gasteiger partial charge in [0.05, 0.1) is 24.4 Å². The summed E-state index contributed by atoms with van der Waals surface area (Å²) in [6.45, 7) is 3.87. The van der Waals surface area contributed by atoms with E-state index in [1.165, 1.54) is 25.0 Å². The van der Waals surface area contributed by atoms with E-state index in [1.54, 1.807) is 7.11 Å². The molecule has 2 aliphatic rings. The molecule has 0 amide bonds. The third-order valence-electron chi connectivity index (χ3n) is 7.91. The zero-order valence-electron chi connectivity index (χ0n) is 21.0. The van der Waals surface area contributed by atoms with Crippen molar-refractivity contribution in [3.8, 4) is 17.1 Å². The summed E-state index contributed by atoms with van der Waals surface area (Å²) in [5.74, 6) is 1.73. The number of hydrogen-bond acceptors (Lipinski definition) is 6. The molecule has 0 atom stereocenters. The monoisotopic (exact) mass is 487 g/mol. The molecule has 9 heteroatoms. The van der Waals surface area contributed by atoms with Crippen molar-refractivity contribution in [2.45, 2.75) is 63.8 Å². The maximum Gasteiger partial charge on any atom is 0.277 e. The van der Waals surface area contributed by atoms with Crippen molar-refractivity contribution in [3.05, 3.63) is 52.2 Å². The Morgan fingerprint density at radius 3 is 2.58 bits per heavy atom. The molecule has 3 aromatic heterocycles. The molecule has 4 aromatic rings. The van der Waals surface area contributed by atoms with Crippen LogP contribution >= 0.6 is 0 Å². The molecule has 1 aliphatic carbocycles. The second kappa shape index (κ2) is 9.44. The molecule has 36 heavy (non-hydrogen) atoms. The van der Waals surface area contributed by atoms with Gasteiger partial charge in [-0.3, -0.25) is 14.6 Å². The first-order valence-corrected chi connectivity index (χ1v) is 13.0. The molecule has 4 heterocycles. The molecule has 2 fully saturated rings. The van der Waals surface area contributed by atoms with Gasteiger partial charge in [0, 0.05) is 42.7 Å². The van der Waals surface area contributed by atoms with Crippen LogP contribution in [-0.4, -0.2) is 50.1 Å². The lowest BCUT2D eigenvalue weighted by atomic mass is 9.93. The lowest BCUT2D eigenvalue weighted by Crippen LogP contribution is -2.33. The zero-order chi connectivity index (χ0) is 24.6. The lowest BCUT2D eigenvalue weighted by molar-refractivity contribution is 0.336. The van der Waals surface area contributed by atoms with Crippen LogP contribution in [0, 0.1) is 6.92 Å². The molecule has 1 saturated carbocycles. The normalized spacial score (nSPS) is 17.7. The van der Waals surface area contributed by atoms with E-state index in [0.717, 1.165) is 55.7 Å². The fraction of sp³-hybridized carbons (Fsp3) is 0.481. The highest BCUT2D eigenvalue weighted by Gasteiger charge is 2.25. The summed E-state index contributed by atoms with van der Waals surface area (Å²) in [5.41, 5.74) is 5.01. The van der Waals surface area contributed by atoms with Crippen LogP contribution in [0.25, 0.3) is 22.4 Å². The number of H-pyrrole nitrogens is 2. The van der Waals surface area contributed by atoms with Crippen molar-refractivity contribution in [3.63, 3.8) is 0 Å². The van der Waals surface area contributed by atoms with Crippen LogP contribution in [0.5, 0.6) is 5.75 Å². The third-order valence-corrected chi connectivity index (χ3v) is 7.91. The number of methoxy groups -OCH3 is 1. The molecule has 0 unspecified atom stereocenters. The van der Waals surface area contributed by atoms with E-state index in [0.29, 0.717) is 28.5 Å². The quantitative estimate of drug-likeness (QED) is 0.422. The summed E-state index contributed by atoms with van der Waals surface area (Å²) in [5, 5.41) is 12.0. The number of aryl methyl sites for hydroxylation is 1. The summed E-state index contributed by atoms with van der Waals surface area (Å²) in [6, 6.07) is 8.49. The average Bonchev–Trinajstić information content (AvgIpc) is 3.58. The van der Waals surface area contributed by atoms with Gasteiger partial charge in [0.15, 0.2) is 5.52 Å². The Morgan fingerprint density at radius 2 is 1.86 bits per heavy atom. The van der Waals surface area contributed by atoms with Gasteiger partial charge in [0.25, 0.3) is 5.56 Å². The largest absolute Gasteiger partial charge is 0.496 e. The maximum atomic E-state index is 13.3. The first-order chi connectivity index (χ1) is 17.6. The van der Waals surface area contributed by atoms with E-state index >= 15 is 0 Å². The van der Waals surface area contributed by atoms with Gasteiger partial charge in [-0.1, -0.05) is 19.3 Å². The molecular weight excluding hydrogens is 454 g/mol. The van der Waals surface area contributed by atoms with Gasteiger partial charge >= 0.3 is 0 Å². The fourth-order valence-corrected chi connectivity index (χ4v) is 5.92. The molecule has 1 aliphatic heterocycles. The Bertz CT molecular complexity index is 1410. The van der Waals surface area contributed by atoms with Gasteiger partial charge in [-0.25, -0.2) is 4.98 Å². The number of nitrogens with one attached hydrogen (secondary N) is 2. The molecule has 0 radical (unpaired) electrons. The Hall–Kier alpha value is -3.62. The summed E-state index contributed by atoms with van der Waals surface area (Å²) < 4.78 is 7.69. The topological polar surface area (TPSA) is 105 Å². The molecule has 1 aromatic carbocycles. The van der Waals surface area contributed by atoms with E-state index in [1.807, 2.05) is 29.9 Å². The molecule has 0 spiro atoms. The van der Waals surface area contributed by atoms with Crippen LogP contribution in [0.1, 0.15) is 68.3 Å². The van der Waals surface area contributed by atoms with Gasteiger partial charge in [-0.15, -0.1) is 0 Å². The number of benzene rings is 1. The number of nitrogens with zero attached hydrogens (tertiary/aromatic N) is 5. The van der Waals surface area contributed by atoms with Crippen LogP contribution in [0.3, 0.4) is 0 Å². The number of ether oxygens (including phenoxy) is 1. The second-order valence-electron chi connectivity index (χ2n) is 10.1. The molecule has 188 valence electrons. The van der Waals surface area contributed by atoms with Crippen molar-refractivity contribution >= 4 is 16.7 Å². The summed E-state index contributed by atoms with van der Waals surface area (Å²) in [7, 11) is 1.66. The maximum absolute atomic E-state index is 13.3. The SMILES string of the molecule is COc1cc(N2CCC(c3ccn[nH]3)CC2)ccc1-c1nc2c(C)nn(C3CCCCC3)c2c(=O)[nH]1. The van der Waals surface area contributed by atoms with Crippen molar-refractivity contribution in [1.29, 1.82) is 0 Å². The number of aromatic amines is 2. The van der Waals surface area contributed by atoms with Crippen LogP contribution in [0.2, 0.25) is 0 Å². The fourth-order valence-electron chi connectivity index (χ4n) is 5.92. The van der Waals surface area contributed by atoms with Crippen molar-refractivity contribution in [2.24, 2.45) is 0 Å². The molecule has 6 rings (SSSR count). The smallest absolute Gasteiger partial charge is 0.277 e. The minimum absolute atomic E-state index is 0.145. The van der Waals surface area contributed by atoms with E-state index in [9.17, 15) is 4.79 Å². The lowest BCUT2D eigenvalue weighted by Gasteiger charge is -2.33. The Morgan fingerprint density at radius 1 is 1.06 bits per heavy atom. The number of hydrogen-bond donors (Lipinski definition) is 2. The molecule has 2 N–H and O–H groups in total.